The van der Waals surface area contributed by atoms with Gasteiger partial charge in [0.15, 0.2) is 0 Å². The summed E-state index contributed by atoms with van der Waals surface area (Å²) in [4.78, 5) is 11.9. The van der Waals surface area contributed by atoms with Crippen LogP contribution < -0.4 is 5.32 Å². The van der Waals surface area contributed by atoms with E-state index in [1.165, 1.54) is 12.1 Å². The molecule has 0 bridgehead atoms. The molecule has 1 aliphatic rings. The summed E-state index contributed by atoms with van der Waals surface area (Å²) in [7, 11) is 0. The summed E-state index contributed by atoms with van der Waals surface area (Å²) in [6, 6.07) is 14.0. The number of hydrogen-bond donors (Lipinski definition) is 1. The second-order valence-corrected chi connectivity index (χ2v) is 4.46. The van der Waals surface area contributed by atoms with E-state index in [2.05, 4.69) is 5.32 Å². The van der Waals surface area contributed by atoms with Crippen LogP contribution in [0.15, 0.2) is 48.5 Å². The fraction of sp³-hybridized carbons (Fsp3) is 0.133. The normalized spacial score (nSPS) is 17.4. The van der Waals surface area contributed by atoms with Crippen molar-refractivity contribution >= 4 is 11.6 Å². The van der Waals surface area contributed by atoms with E-state index < -0.39 is 0 Å². The average molecular weight is 241 g/mol. The minimum Gasteiger partial charge on any atom is -0.325 e. The molecule has 0 fully saturated rings. The minimum atomic E-state index is -0.265. The maximum absolute atomic E-state index is 13.1. The second-order valence-electron chi connectivity index (χ2n) is 4.46. The molecule has 3 rings (SSSR count). The highest BCUT2D eigenvalue weighted by Gasteiger charge is 2.29. The SMILES string of the molecule is O=C1Nc2ccccc2C1Cc1cccc(F)c1. The monoisotopic (exact) mass is 241 g/mol. The minimum absolute atomic E-state index is 0.0135. The highest BCUT2D eigenvalue weighted by atomic mass is 19.1. The molecule has 2 nitrogen and oxygen atoms in total. The van der Waals surface area contributed by atoms with Gasteiger partial charge in [0.05, 0.1) is 5.92 Å². The topological polar surface area (TPSA) is 29.1 Å². The van der Waals surface area contributed by atoms with Crippen LogP contribution >= 0.6 is 0 Å². The third-order valence-electron chi connectivity index (χ3n) is 3.24. The van der Waals surface area contributed by atoms with Gasteiger partial charge in [-0.1, -0.05) is 30.3 Å². The van der Waals surface area contributed by atoms with E-state index >= 15 is 0 Å². The largest absolute Gasteiger partial charge is 0.325 e. The Morgan fingerprint density at radius 3 is 2.78 bits per heavy atom. The van der Waals surface area contributed by atoms with Crippen molar-refractivity contribution in [2.45, 2.75) is 12.3 Å². The van der Waals surface area contributed by atoms with Crippen LogP contribution in [0.5, 0.6) is 0 Å². The molecule has 2 aromatic rings. The number of rotatable bonds is 2. The molecule has 0 spiro atoms. The fourth-order valence-corrected chi connectivity index (χ4v) is 2.38. The zero-order valence-corrected chi connectivity index (χ0v) is 9.69. The van der Waals surface area contributed by atoms with Crippen molar-refractivity contribution in [3.8, 4) is 0 Å². The molecular formula is C15H12FNO. The van der Waals surface area contributed by atoms with Crippen LogP contribution in [0.3, 0.4) is 0 Å². The van der Waals surface area contributed by atoms with Gasteiger partial charge in [-0.3, -0.25) is 4.79 Å². The van der Waals surface area contributed by atoms with E-state index in [0.717, 1.165) is 16.8 Å². The molecule has 0 aliphatic carbocycles. The van der Waals surface area contributed by atoms with Crippen LogP contribution in [0.2, 0.25) is 0 Å². The Labute approximate surface area is 104 Å². The highest BCUT2D eigenvalue weighted by Crippen LogP contribution is 2.34. The van der Waals surface area contributed by atoms with E-state index in [1.807, 2.05) is 30.3 Å². The zero-order chi connectivity index (χ0) is 12.5. The molecule has 1 unspecified atom stereocenters. The molecular weight excluding hydrogens is 229 g/mol. The van der Waals surface area contributed by atoms with Crippen molar-refractivity contribution in [1.82, 2.24) is 0 Å². The van der Waals surface area contributed by atoms with E-state index in [9.17, 15) is 9.18 Å². The van der Waals surface area contributed by atoms with Crippen molar-refractivity contribution in [3.63, 3.8) is 0 Å². The van der Waals surface area contributed by atoms with Crippen LogP contribution in [-0.2, 0) is 11.2 Å². The molecule has 18 heavy (non-hydrogen) atoms. The van der Waals surface area contributed by atoms with Crippen molar-refractivity contribution < 1.29 is 9.18 Å². The Kier molecular flexibility index (Phi) is 2.59. The number of benzene rings is 2. The molecule has 0 saturated heterocycles. The summed E-state index contributed by atoms with van der Waals surface area (Å²) in [5.41, 5.74) is 2.70. The number of hydrogen-bond acceptors (Lipinski definition) is 1. The summed E-state index contributed by atoms with van der Waals surface area (Å²) in [5.74, 6) is -0.498. The van der Waals surface area contributed by atoms with Gasteiger partial charge in [0.25, 0.3) is 0 Å². The summed E-state index contributed by atoms with van der Waals surface area (Å²) >= 11 is 0. The van der Waals surface area contributed by atoms with Crippen LogP contribution in [0.4, 0.5) is 10.1 Å². The highest BCUT2D eigenvalue weighted by molar-refractivity contribution is 6.02. The maximum atomic E-state index is 13.1. The number of halogens is 1. The van der Waals surface area contributed by atoms with E-state index in [-0.39, 0.29) is 17.6 Å². The molecule has 0 radical (unpaired) electrons. The Balaban J connectivity index is 1.91. The first-order valence-corrected chi connectivity index (χ1v) is 5.88. The van der Waals surface area contributed by atoms with Gasteiger partial charge in [0, 0.05) is 5.69 Å². The van der Waals surface area contributed by atoms with Crippen molar-refractivity contribution in [2.75, 3.05) is 5.32 Å². The van der Waals surface area contributed by atoms with Gasteiger partial charge < -0.3 is 5.32 Å². The predicted octanol–water partition coefficient (Wildman–Crippen LogP) is 3.10. The van der Waals surface area contributed by atoms with Gasteiger partial charge in [-0.2, -0.15) is 0 Å². The van der Waals surface area contributed by atoms with Crippen LogP contribution in [0, 0.1) is 5.82 Å². The third kappa shape index (κ3) is 1.88. The molecule has 90 valence electrons. The fourth-order valence-electron chi connectivity index (χ4n) is 2.38. The Morgan fingerprint density at radius 1 is 1.11 bits per heavy atom. The van der Waals surface area contributed by atoms with Gasteiger partial charge in [-0.15, -0.1) is 0 Å². The molecule has 0 saturated carbocycles. The Bertz CT molecular complexity index is 609. The number of nitrogens with one attached hydrogen (secondary N) is 1. The Hall–Kier alpha value is -2.16. The summed E-state index contributed by atoms with van der Waals surface area (Å²) in [5, 5.41) is 2.85. The standard InChI is InChI=1S/C15H12FNO/c16-11-5-3-4-10(8-11)9-13-12-6-1-2-7-14(12)17-15(13)18/h1-8,13H,9H2,(H,17,18). The van der Waals surface area contributed by atoms with E-state index in [0.29, 0.717) is 6.42 Å². The molecule has 1 amide bonds. The van der Waals surface area contributed by atoms with Crippen molar-refractivity contribution in [3.05, 3.63) is 65.5 Å². The predicted molar refractivity (Wildman–Crippen MR) is 67.9 cm³/mol. The smallest absolute Gasteiger partial charge is 0.232 e. The van der Waals surface area contributed by atoms with Crippen LogP contribution in [-0.4, -0.2) is 5.91 Å². The van der Waals surface area contributed by atoms with Gasteiger partial charge >= 0.3 is 0 Å². The van der Waals surface area contributed by atoms with Gasteiger partial charge in [-0.05, 0) is 35.7 Å². The number of anilines is 1. The number of para-hydroxylation sites is 1. The molecule has 3 heteroatoms. The third-order valence-corrected chi connectivity index (χ3v) is 3.24. The molecule has 2 aromatic carbocycles. The summed E-state index contributed by atoms with van der Waals surface area (Å²) in [6.45, 7) is 0. The first-order chi connectivity index (χ1) is 8.74. The molecule has 1 atom stereocenters. The lowest BCUT2D eigenvalue weighted by Crippen LogP contribution is -2.14. The molecule has 0 aromatic heterocycles. The number of fused-ring (bicyclic) bond motifs is 1. The average Bonchev–Trinajstić information content (AvgIpc) is 2.66. The quantitative estimate of drug-likeness (QED) is 0.860. The lowest BCUT2D eigenvalue weighted by molar-refractivity contribution is -0.117. The Morgan fingerprint density at radius 2 is 1.94 bits per heavy atom. The number of amides is 1. The first kappa shape index (κ1) is 11.0. The van der Waals surface area contributed by atoms with Crippen LogP contribution in [0.25, 0.3) is 0 Å². The molecule has 1 heterocycles. The van der Waals surface area contributed by atoms with Gasteiger partial charge in [0.2, 0.25) is 5.91 Å². The van der Waals surface area contributed by atoms with Crippen molar-refractivity contribution in [2.24, 2.45) is 0 Å². The zero-order valence-electron chi connectivity index (χ0n) is 9.69. The summed E-state index contributed by atoms with van der Waals surface area (Å²) < 4.78 is 13.1. The van der Waals surface area contributed by atoms with Gasteiger partial charge in [0.1, 0.15) is 5.82 Å². The summed E-state index contributed by atoms with van der Waals surface area (Å²) in [6.07, 6.45) is 0.528. The first-order valence-electron chi connectivity index (χ1n) is 5.88. The van der Waals surface area contributed by atoms with Gasteiger partial charge in [-0.25, -0.2) is 4.39 Å². The molecule has 1 aliphatic heterocycles. The van der Waals surface area contributed by atoms with Crippen LogP contribution in [0.1, 0.15) is 17.0 Å². The number of carbonyl (C=O) groups excluding carboxylic acids is 1. The second kappa shape index (κ2) is 4.26. The van der Waals surface area contributed by atoms with E-state index in [1.54, 1.807) is 6.07 Å². The van der Waals surface area contributed by atoms with Crippen molar-refractivity contribution in [1.29, 1.82) is 0 Å². The van der Waals surface area contributed by atoms with E-state index in [4.69, 9.17) is 0 Å². The number of carbonyl (C=O) groups is 1. The lowest BCUT2D eigenvalue weighted by Gasteiger charge is -2.08. The molecule has 1 N–H and O–H groups in total. The maximum Gasteiger partial charge on any atom is 0.232 e. The lowest BCUT2D eigenvalue weighted by atomic mass is 9.93.